The van der Waals surface area contributed by atoms with Crippen LogP contribution in [0.2, 0.25) is 0 Å². The first-order chi connectivity index (χ1) is 24.8. The molecule has 0 spiro atoms. The number of esters is 2. The summed E-state index contributed by atoms with van der Waals surface area (Å²) >= 11 is 0. The van der Waals surface area contributed by atoms with E-state index in [0.29, 0.717) is 0 Å². The zero-order valence-corrected chi connectivity index (χ0v) is 27.2. The van der Waals surface area contributed by atoms with Gasteiger partial charge >= 0.3 is 83.5 Å². The van der Waals surface area contributed by atoms with Crippen molar-refractivity contribution in [1.29, 1.82) is 0 Å². The summed E-state index contributed by atoms with van der Waals surface area (Å²) in [5.41, 5.74) is 0. The number of halogens is 26. The molecule has 57 heavy (non-hydrogen) atoms. The van der Waals surface area contributed by atoms with Gasteiger partial charge in [-0.05, 0) is 13.8 Å². The molecule has 0 aromatic heterocycles. The molecule has 1 saturated heterocycles. The highest BCUT2D eigenvalue weighted by atomic mass is 19.4. The van der Waals surface area contributed by atoms with E-state index in [1.165, 1.54) is 0 Å². The Morgan fingerprint density at radius 3 is 0.860 bits per heavy atom. The maximum Gasteiger partial charge on any atom is 0.460 e. The summed E-state index contributed by atoms with van der Waals surface area (Å²) in [6, 6.07) is 0. The molecule has 0 aliphatic carbocycles. The van der Waals surface area contributed by atoms with Crippen molar-refractivity contribution < 1.29 is 143 Å². The van der Waals surface area contributed by atoms with E-state index in [-0.39, 0.29) is 0 Å². The lowest BCUT2D eigenvalue weighted by Gasteiger charge is -2.41. The molecular formula is C25H20F26O6. The molecule has 6 nitrogen and oxygen atoms in total. The van der Waals surface area contributed by atoms with Crippen LogP contribution in [0.3, 0.4) is 0 Å². The predicted octanol–water partition coefficient (Wildman–Crippen LogP) is 9.63. The standard InChI is InChI=1S/C25H20F26O6/c1-3-54-11(52)9-10(12(53)55-4-2)57-13(56-9,5-7-14(26,27)16(30,31)18(34,35)20(38,39)22(42,43)24(46,47)48)6-8-15(28,29)17(32,33)19(36,37)21(40,41)23(44,45)25(49,50)51/h9-10H,3-8H2,1-2H3/t9-,10-/m0/s1. The number of hydrogen-bond acceptors (Lipinski definition) is 6. The molecule has 0 unspecified atom stereocenters. The number of hydrogen-bond donors (Lipinski definition) is 0. The van der Waals surface area contributed by atoms with Crippen LogP contribution in [0.15, 0.2) is 0 Å². The molecule has 1 aliphatic rings. The van der Waals surface area contributed by atoms with Crippen molar-refractivity contribution in [1.82, 2.24) is 0 Å². The second-order valence-electron chi connectivity index (χ2n) is 11.5. The maximum absolute atomic E-state index is 14.7. The Balaban J connectivity index is 3.91. The van der Waals surface area contributed by atoms with E-state index < -0.39 is 140 Å². The fourth-order valence-electron chi connectivity index (χ4n) is 4.38. The predicted molar refractivity (Wildman–Crippen MR) is 126 cm³/mol. The van der Waals surface area contributed by atoms with Crippen LogP contribution in [-0.2, 0) is 28.5 Å². The summed E-state index contributed by atoms with van der Waals surface area (Å²) in [5.74, 6) is -89.9. The average Bonchev–Trinajstić information content (AvgIpc) is 3.42. The van der Waals surface area contributed by atoms with E-state index in [2.05, 4.69) is 18.9 Å². The molecule has 338 valence electrons. The van der Waals surface area contributed by atoms with Gasteiger partial charge in [-0.15, -0.1) is 0 Å². The zero-order valence-electron chi connectivity index (χ0n) is 27.2. The Morgan fingerprint density at radius 1 is 0.421 bits per heavy atom. The van der Waals surface area contributed by atoms with Crippen LogP contribution in [0.5, 0.6) is 0 Å². The largest absolute Gasteiger partial charge is 0.464 e. The molecule has 32 heteroatoms. The lowest BCUT2D eigenvalue weighted by atomic mass is 9.88. The zero-order chi connectivity index (χ0) is 45.9. The molecule has 0 bridgehead atoms. The van der Waals surface area contributed by atoms with Gasteiger partial charge in [0.15, 0.2) is 18.0 Å². The summed E-state index contributed by atoms with van der Waals surface area (Å²) in [5, 5.41) is 0. The first-order valence-electron chi connectivity index (χ1n) is 14.4. The van der Waals surface area contributed by atoms with E-state index >= 15 is 0 Å². The maximum atomic E-state index is 14.7. The first kappa shape index (κ1) is 52.1. The minimum absolute atomic E-state index is 0.854. The third-order valence-corrected chi connectivity index (χ3v) is 7.63. The van der Waals surface area contributed by atoms with Crippen LogP contribution in [0.4, 0.5) is 114 Å². The summed E-state index contributed by atoms with van der Waals surface area (Å²) in [7, 11) is 0. The van der Waals surface area contributed by atoms with Crippen LogP contribution < -0.4 is 0 Å². The van der Waals surface area contributed by atoms with Gasteiger partial charge in [-0.3, -0.25) is 0 Å². The van der Waals surface area contributed by atoms with Gasteiger partial charge < -0.3 is 18.9 Å². The molecule has 0 amide bonds. The van der Waals surface area contributed by atoms with E-state index in [1.807, 2.05) is 0 Å². The molecule has 0 aromatic rings. The number of carbonyl (C=O) groups is 2. The molecule has 0 saturated carbocycles. The topological polar surface area (TPSA) is 71.1 Å². The molecule has 0 aromatic carbocycles. The monoisotopic (exact) mass is 910 g/mol. The van der Waals surface area contributed by atoms with Gasteiger partial charge in [0.25, 0.3) is 0 Å². The molecule has 1 aliphatic heterocycles. The molecule has 1 heterocycles. The molecule has 1 rings (SSSR count). The Kier molecular flexibility index (Phi) is 13.9. The van der Waals surface area contributed by atoms with Crippen LogP contribution >= 0.6 is 0 Å². The first-order valence-corrected chi connectivity index (χ1v) is 14.4. The fourth-order valence-corrected chi connectivity index (χ4v) is 4.38. The minimum Gasteiger partial charge on any atom is -0.464 e. The van der Waals surface area contributed by atoms with Crippen molar-refractivity contribution in [3.63, 3.8) is 0 Å². The number of rotatable bonds is 18. The third-order valence-electron chi connectivity index (χ3n) is 7.63. The minimum atomic E-state index is -8.52. The van der Waals surface area contributed by atoms with E-state index in [9.17, 15) is 124 Å². The second kappa shape index (κ2) is 15.3. The number of alkyl halides is 26. The van der Waals surface area contributed by atoms with Gasteiger partial charge in [-0.1, -0.05) is 0 Å². The summed E-state index contributed by atoms with van der Waals surface area (Å²) in [6.07, 6.45) is -34.9. The van der Waals surface area contributed by atoms with Crippen LogP contribution in [0.1, 0.15) is 39.5 Å². The Labute approximate surface area is 298 Å². The van der Waals surface area contributed by atoms with E-state index in [4.69, 9.17) is 0 Å². The van der Waals surface area contributed by atoms with Crippen LogP contribution in [0, 0.1) is 0 Å². The molecule has 0 radical (unpaired) electrons. The highest BCUT2D eigenvalue weighted by Gasteiger charge is 2.92. The van der Waals surface area contributed by atoms with Crippen molar-refractivity contribution >= 4 is 11.9 Å². The summed E-state index contributed by atoms with van der Waals surface area (Å²) in [6.45, 7) is 0.0747. The van der Waals surface area contributed by atoms with Crippen molar-refractivity contribution in [2.24, 2.45) is 0 Å². The SMILES string of the molecule is CCOC(=O)[C@H]1OC(CCC(F)(F)C(F)(F)C(F)(F)C(F)(F)C(F)(F)C(F)(F)F)(CCC(F)(F)C(F)(F)C(F)(F)C(F)(F)C(F)(F)C(F)(F)F)O[C@@H]1C(=O)OCC. The van der Waals surface area contributed by atoms with Crippen molar-refractivity contribution in [3.8, 4) is 0 Å². The fraction of sp³-hybridized carbons (Fsp3) is 0.920. The lowest BCUT2D eigenvalue weighted by Crippen LogP contribution is -2.70. The number of ether oxygens (including phenoxy) is 4. The highest BCUT2D eigenvalue weighted by Crippen LogP contribution is 2.63. The molecule has 0 N–H and O–H groups in total. The van der Waals surface area contributed by atoms with Gasteiger partial charge in [-0.25, -0.2) is 9.59 Å². The second-order valence-corrected chi connectivity index (χ2v) is 11.5. The molecule has 2 atom stereocenters. The van der Waals surface area contributed by atoms with Crippen molar-refractivity contribution in [2.75, 3.05) is 13.2 Å². The van der Waals surface area contributed by atoms with Gasteiger partial charge in [0.1, 0.15) is 0 Å². The van der Waals surface area contributed by atoms with Gasteiger partial charge in [0.2, 0.25) is 0 Å². The third kappa shape index (κ3) is 8.30. The van der Waals surface area contributed by atoms with Crippen molar-refractivity contribution in [3.05, 3.63) is 0 Å². The lowest BCUT2D eigenvalue weighted by molar-refractivity contribution is -0.441. The normalized spacial score (nSPS) is 20.1. The quantitative estimate of drug-likeness (QED) is 0.101. The van der Waals surface area contributed by atoms with E-state index in [0.717, 1.165) is 13.8 Å². The van der Waals surface area contributed by atoms with Crippen LogP contribution in [-0.4, -0.2) is 115 Å². The Bertz CT molecular complexity index is 1330. The van der Waals surface area contributed by atoms with E-state index in [1.54, 1.807) is 0 Å². The Hall–Kier alpha value is -2.96. The van der Waals surface area contributed by atoms with Crippen LogP contribution in [0.25, 0.3) is 0 Å². The highest BCUT2D eigenvalue weighted by molar-refractivity contribution is 5.86. The average molecular weight is 910 g/mol. The van der Waals surface area contributed by atoms with Crippen molar-refractivity contribution in [2.45, 2.75) is 129 Å². The van der Waals surface area contributed by atoms with Gasteiger partial charge in [0, 0.05) is 25.7 Å². The molecular weight excluding hydrogens is 890 g/mol. The summed E-state index contributed by atoms with van der Waals surface area (Å²) < 4.78 is 371. The molecule has 1 fully saturated rings. The number of carbonyl (C=O) groups excluding carboxylic acids is 2. The van der Waals surface area contributed by atoms with Gasteiger partial charge in [-0.2, -0.15) is 114 Å². The van der Waals surface area contributed by atoms with Gasteiger partial charge in [0.05, 0.1) is 13.2 Å². The summed E-state index contributed by atoms with van der Waals surface area (Å²) in [4.78, 5) is 24.7. The Morgan fingerprint density at radius 2 is 0.649 bits per heavy atom. The smallest absolute Gasteiger partial charge is 0.460 e.